The predicted molar refractivity (Wildman–Crippen MR) is 290 cm³/mol. The SMILES string of the molecule is CC/C=C\C/C=C\C/C=C\C/C=C\C/C=C\C/C=C\C/C=C\CCCCCCCCCCCC(=O)NC(COP(=O)(O)OCC[N+](C)(C)C)C(O)CCCCCCCCCCCCCCCC. The second-order valence-electron chi connectivity index (χ2n) is 19.6. The Morgan fingerprint density at radius 3 is 1.31 bits per heavy atom. The van der Waals surface area contributed by atoms with Crippen molar-refractivity contribution in [2.24, 2.45) is 0 Å². The summed E-state index contributed by atoms with van der Waals surface area (Å²) >= 11 is 0. The van der Waals surface area contributed by atoms with Gasteiger partial charge >= 0.3 is 7.82 Å². The van der Waals surface area contributed by atoms with Gasteiger partial charge in [-0.25, -0.2) is 4.57 Å². The second kappa shape index (κ2) is 48.7. The number of phosphoric ester groups is 1. The Kier molecular flexibility index (Phi) is 47.0. The van der Waals surface area contributed by atoms with Crippen LogP contribution in [0.1, 0.15) is 226 Å². The van der Waals surface area contributed by atoms with Crippen LogP contribution in [0.25, 0.3) is 0 Å². The highest BCUT2D eigenvalue weighted by Crippen LogP contribution is 2.43. The van der Waals surface area contributed by atoms with Gasteiger partial charge in [-0.1, -0.05) is 234 Å². The number of hydrogen-bond donors (Lipinski definition) is 3. The maximum Gasteiger partial charge on any atom is 0.472 e. The van der Waals surface area contributed by atoms with Crippen LogP contribution in [0.2, 0.25) is 0 Å². The molecule has 0 fully saturated rings. The van der Waals surface area contributed by atoms with E-state index in [0.717, 1.165) is 89.9 Å². The summed E-state index contributed by atoms with van der Waals surface area (Å²) in [6.45, 7) is 4.76. The van der Waals surface area contributed by atoms with Crippen molar-refractivity contribution in [2.75, 3.05) is 40.9 Å². The topological polar surface area (TPSA) is 105 Å². The first-order chi connectivity index (χ1) is 32.5. The lowest BCUT2D eigenvalue weighted by atomic mass is 10.0. The van der Waals surface area contributed by atoms with Crippen molar-refractivity contribution in [3.05, 3.63) is 85.1 Å². The van der Waals surface area contributed by atoms with Gasteiger partial charge in [-0.05, 0) is 70.6 Å². The summed E-state index contributed by atoms with van der Waals surface area (Å²) in [4.78, 5) is 23.3. The molecule has 1 amide bonds. The third-order valence-electron chi connectivity index (χ3n) is 11.9. The molecule has 0 aromatic rings. The van der Waals surface area contributed by atoms with Crippen LogP contribution in [0.15, 0.2) is 85.1 Å². The molecule has 3 unspecified atom stereocenters. The molecule has 388 valence electrons. The van der Waals surface area contributed by atoms with Crippen LogP contribution in [-0.2, 0) is 18.4 Å². The van der Waals surface area contributed by atoms with Crippen molar-refractivity contribution < 1.29 is 32.9 Å². The van der Waals surface area contributed by atoms with Crippen LogP contribution in [0, 0.1) is 0 Å². The molecule has 0 saturated carbocycles. The van der Waals surface area contributed by atoms with Crippen LogP contribution in [-0.4, -0.2) is 73.4 Å². The van der Waals surface area contributed by atoms with Gasteiger partial charge in [0.25, 0.3) is 0 Å². The molecule has 0 aliphatic carbocycles. The second-order valence-corrected chi connectivity index (χ2v) is 21.0. The minimum Gasteiger partial charge on any atom is -0.391 e. The van der Waals surface area contributed by atoms with Crippen LogP contribution in [0.4, 0.5) is 0 Å². The van der Waals surface area contributed by atoms with Gasteiger partial charge < -0.3 is 19.8 Å². The number of aliphatic hydroxyl groups is 1. The Morgan fingerprint density at radius 1 is 0.522 bits per heavy atom. The van der Waals surface area contributed by atoms with Gasteiger partial charge in [-0.2, -0.15) is 0 Å². The fourth-order valence-corrected chi connectivity index (χ4v) is 8.35. The molecule has 0 aromatic carbocycles. The smallest absolute Gasteiger partial charge is 0.391 e. The predicted octanol–water partition coefficient (Wildman–Crippen LogP) is 16.5. The average Bonchev–Trinajstić information content (AvgIpc) is 3.29. The number of quaternary nitrogens is 1. The first-order valence-corrected chi connectivity index (χ1v) is 28.9. The maximum absolute atomic E-state index is 13.0. The van der Waals surface area contributed by atoms with Gasteiger partial charge in [-0.3, -0.25) is 13.8 Å². The summed E-state index contributed by atoms with van der Waals surface area (Å²) in [5, 5.41) is 14.0. The molecule has 0 saturated heterocycles. The zero-order valence-electron chi connectivity index (χ0n) is 44.1. The number of phosphoric acid groups is 1. The van der Waals surface area contributed by atoms with E-state index in [2.05, 4.69) is 104 Å². The number of carbonyl (C=O) groups excluding carboxylic acids is 1. The maximum atomic E-state index is 13.0. The molecule has 0 spiro atoms. The summed E-state index contributed by atoms with van der Waals surface area (Å²) in [6.07, 6.45) is 67.7. The molecule has 0 bridgehead atoms. The molecule has 9 heteroatoms. The van der Waals surface area contributed by atoms with E-state index in [1.54, 1.807) is 0 Å². The first kappa shape index (κ1) is 64.7. The Balaban J connectivity index is 4.17. The van der Waals surface area contributed by atoms with Gasteiger partial charge in [0.2, 0.25) is 5.91 Å². The van der Waals surface area contributed by atoms with E-state index in [0.29, 0.717) is 23.9 Å². The standard InChI is InChI=1S/C58H105N2O6P/c1-6-8-10-12-14-16-18-20-22-23-24-25-26-27-28-29-30-31-32-33-34-35-36-37-38-40-42-44-46-48-50-52-58(62)59-56(55-66-67(63,64)65-54-53-60(3,4)5)57(61)51-49-47-45-43-41-39-21-19-17-15-13-11-9-7-2/h8,10,14,16,20,22,24-25,27-28,30-31,33-34,56-57,61H,6-7,9,11-13,15,17-19,21,23,26,29,32,35-55H2,1-5H3,(H-,59,62,63,64)/p+1/b10-8-,16-14-,22-20-,25-24-,28-27-,31-30-,34-33-. The van der Waals surface area contributed by atoms with E-state index in [1.165, 1.54) is 109 Å². The summed E-state index contributed by atoms with van der Waals surface area (Å²) in [5.74, 6) is -0.154. The van der Waals surface area contributed by atoms with Crippen LogP contribution >= 0.6 is 7.82 Å². The lowest BCUT2D eigenvalue weighted by Crippen LogP contribution is -2.46. The molecule has 0 radical (unpaired) electrons. The summed E-state index contributed by atoms with van der Waals surface area (Å²) in [6, 6.07) is -0.769. The van der Waals surface area contributed by atoms with Gasteiger partial charge in [-0.15, -0.1) is 0 Å². The highest BCUT2D eigenvalue weighted by atomic mass is 31.2. The average molecular weight is 958 g/mol. The molecule has 8 nitrogen and oxygen atoms in total. The quantitative estimate of drug-likeness (QED) is 0.0243. The molecule has 3 atom stereocenters. The van der Waals surface area contributed by atoms with E-state index < -0.39 is 20.0 Å². The number of nitrogens with one attached hydrogen (secondary N) is 1. The van der Waals surface area contributed by atoms with Crippen LogP contribution < -0.4 is 5.32 Å². The fraction of sp³-hybridized carbons (Fsp3) is 0.741. The number of amides is 1. The highest BCUT2D eigenvalue weighted by Gasteiger charge is 2.28. The summed E-state index contributed by atoms with van der Waals surface area (Å²) in [7, 11) is 1.60. The Hall–Kier alpha value is -2.32. The van der Waals surface area contributed by atoms with Gasteiger partial charge in [0.1, 0.15) is 13.2 Å². The van der Waals surface area contributed by atoms with Gasteiger partial charge in [0, 0.05) is 6.42 Å². The van der Waals surface area contributed by atoms with Crippen LogP contribution in [0.5, 0.6) is 0 Å². The number of rotatable bonds is 49. The van der Waals surface area contributed by atoms with Crippen molar-refractivity contribution in [2.45, 2.75) is 238 Å². The minimum atomic E-state index is -4.33. The van der Waals surface area contributed by atoms with E-state index in [9.17, 15) is 19.4 Å². The van der Waals surface area contributed by atoms with E-state index >= 15 is 0 Å². The van der Waals surface area contributed by atoms with Crippen molar-refractivity contribution >= 4 is 13.7 Å². The minimum absolute atomic E-state index is 0.0698. The number of aliphatic hydroxyl groups excluding tert-OH is 1. The number of nitrogens with zero attached hydrogens (tertiary/aromatic N) is 1. The van der Waals surface area contributed by atoms with Crippen molar-refractivity contribution in [3.8, 4) is 0 Å². The first-order valence-electron chi connectivity index (χ1n) is 27.5. The molecule has 0 heterocycles. The number of likely N-dealkylation sites (N-methyl/N-ethyl adjacent to an activating group) is 1. The Labute approximate surface area is 414 Å². The lowest BCUT2D eigenvalue weighted by Gasteiger charge is -2.26. The Morgan fingerprint density at radius 2 is 0.896 bits per heavy atom. The molecule has 0 aliphatic heterocycles. The van der Waals surface area contributed by atoms with Crippen molar-refractivity contribution in [1.29, 1.82) is 0 Å². The molecule has 0 aliphatic rings. The molecule has 0 aromatic heterocycles. The summed E-state index contributed by atoms with van der Waals surface area (Å²) in [5.41, 5.74) is 0. The number of allylic oxidation sites excluding steroid dienone is 14. The number of hydrogen-bond acceptors (Lipinski definition) is 5. The normalized spacial score (nSPS) is 14.7. The number of unbranched alkanes of at least 4 members (excludes halogenated alkanes) is 22. The zero-order valence-corrected chi connectivity index (χ0v) is 45.0. The molecule has 67 heavy (non-hydrogen) atoms. The lowest BCUT2D eigenvalue weighted by molar-refractivity contribution is -0.870. The molecular weight excluding hydrogens is 852 g/mol. The third kappa shape index (κ3) is 51.4. The number of carbonyl (C=O) groups is 1. The van der Waals surface area contributed by atoms with Crippen molar-refractivity contribution in [1.82, 2.24) is 5.32 Å². The largest absolute Gasteiger partial charge is 0.472 e. The summed E-state index contributed by atoms with van der Waals surface area (Å²) < 4.78 is 23.7. The third-order valence-corrected chi connectivity index (χ3v) is 12.9. The van der Waals surface area contributed by atoms with E-state index in [4.69, 9.17) is 9.05 Å². The molecular formula is C58H106N2O6P+. The monoisotopic (exact) mass is 958 g/mol. The van der Waals surface area contributed by atoms with Gasteiger partial charge in [0.15, 0.2) is 0 Å². The zero-order chi connectivity index (χ0) is 49.2. The molecule has 3 N–H and O–H groups in total. The van der Waals surface area contributed by atoms with Crippen LogP contribution in [0.3, 0.4) is 0 Å². The fourth-order valence-electron chi connectivity index (χ4n) is 7.61. The van der Waals surface area contributed by atoms with Crippen molar-refractivity contribution in [3.63, 3.8) is 0 Å². The van der Waals surface area contributed by atoms with E-state index in [-0.39, 0.29) is 19.1 Å². The molecule has 0 rings (SSSR count). The van der Waals surface area contributed by atoms with Gasteiger partial charge in [0.05, 0.1) is 39.9 Å². The highest BCUT2D eigenvalue weighted by molar-refractivity contribution is 7.47. The Bertz CT molecular complexity index is 1360. The van der Waals surface area contributed by atoms with E-state index in [1.807, 2.05) is 21.1 Å².